The van der Waals surface area contributed by atoms with Crippen LogP contribution in [0.2, 0.25) is 0 Å². The second-order valence-corrected chi connectivity index (χ2v) is 6.93. The van der Waals surface area contributed by atoms with Crippen molar-refractivity contribution >= 4 is 23.5 Å². The Balaban J connectivity index is 2.42. The smallest absolute Gasteiger partial charge is 0.341 e. The molecule has 154 valence electrons. The van der Waals surface area contributed by atoms with Gasteiger partial charge in [-0.05, 0) is 25.0 Å². The van der Waals surface area contributed by atoms with Gasteiger partial charge in [0.2, 0.25) is 0 Å². The topological polar surface area (TPSA) is 86.5 Å². The Morgan fingerprint density at radius 3 is 2.21 bits per heavy atom. The molecule has 0 saturated heterocycles. The SMILES string of the molecule is CCCCCCCCCCCOC(=O)/C(=C/c1cccc([N+](=O)[O-])c1)C(C)=O. The number of nitro benzene ring substituents is 1. The van der Waals surface area contributed by atoms with Gasteiger partial charge in [0.05, 0.1) is 11.5 Å². The number of carbonyl (C=O) groups is 2. The van der Waals surface area contributed by atoms with E-state index in [1.165, 1.54) is 69.7 Å². The third-order valence-corrected chi connectivity index (χ3v) is 4.47. The molecule has 0 aromatic heterocycles. The zero-order valence-electron chi connectivity index (χ0n) is 16.9. The summed E-state index contributed by atoms with van der Waals surface area (Å²) in [5.74, 6) is -1.11. The van der Waals surface area contributed by atoms with E-state index >= 15 is 0 Å². The van der Waals surface area contributed by atoms with Gasteiger partial charge >= 0.3 is 5.97 Å². The number of unbranched alkanes of at least 4 members (excludes halogenated alkanes) is 8. The Bertz CT molecular complexity index is 681. The molecule has 1 aromatic rings. The van der Waals surface area contributed by atoms with Crippen LogP contribution in [-0.4, -0.2) is 23.3 Å². The number of nitrogens with zero attached hydrogens (tertiary/aromatic N) is 1. The molecular weight excluding hydrogens is 358 g/mol. The summed E-state index contributed by atoms with van der Waals surface area (Å²) in [5, 5.41) is 10.8. The third kappa shape index (κ3) is 9.44. The number of rotatable bonds is 14. The van der Waals surface area contributed by atoms with Crippen molar-refractivity contribution in [3.8, 4) is 0 Å². The number of carbonyl (C=O) groups excluding carboxylic acids is 2. The second kappa shape index (κ2) is 13.6. The van der Waals surface area contributed by atoms with Crippen LogP contribution in [0, 0.1) is 10.1 Å². The van der Waals surface area contributed by atoms with Gasteiger partial charge in [-0.3, -0.25) is 14.9 Å². The molecule has 0 heterocycles. The average molecular weight is 389 g/mol. The minimum Gasteiger partial charge on any atom is -0.462 e. The highest BCUT2D eigenvalue weighted by Crippen LogP contribution is 2.17. The number of non-ortho nitro benzene ring substituents is 1. The maximum Gasteiger partial charge on any atom is 0.341 e. The van der Waals surface area contributed by atoms with Crippen molar-refractivity contribution in [2.75, 3.05) is 6.61 Å². The van der Waals surface area contributed by atoms with Crippen LogP contribution in [0.15, 0.2) is 29.8 Å². The van der Waals surface area contributed by atoms with Crippen molar-refractivity contribution in [2.45, 2.75) is 71.6 Å². The monoisotopic (exact) mass is 389 g/mol. The van der Waals surface area contributed by atoms with E-state index < -0.39 is 16.7 Å². The number of hydrogen-bond acceptors (Lipinski definition) is 5. The summed E-state index contributed by atoms with van der Waals surface area (Å²) in [6.07, 6.45) is 11.8. The maximum absolute atomic E-state index is 12.2. The Hall–Kier alpha value is -2.50. The molecule has 28 heavy (non-hydrogen) atoms. The first-order valence-corrected chi connectivity index (χ1v) is 10.1. The lowest BCUT2D eigenvalue weighted by Gasteiger charge is -2.07. The van der Waals surface area contributed by atoms with E-state index in [0.29, 0.717) is 5.56 Å². The predicted molar refractivity (Wildman–Crippen MR) is 110 cm³/mol. The van der Waals surface area contributed by atoms with Gasteiger partial charge in [-0.1, -0.05) is 70.4 Å². The lowest BCUT2D eigenvalue weighted by molar-refractivity contribution is -0.384. The van der Waals surface area contributed by atoms with Crippen molar-refractivity contribution in [1.29, 1.82) is 0 Å². The van der Waals surface area contributed by atoms with Crippen molar-refractivity contribution in [3.05, 3.63) is 45.5 Å². The number of ketones is 1. The van der Waals surface area contributed by atoms with Crippen LogP contribution in [0.25, 0.3) is 6.08 Å². The largest absolute Gasteiger partial charge is 0.462 e. The average Bonchev–Trinajstić information content (AvgIpc) is 2.67. The summed E-state index contributed by atoms with van der Waals surface area (Å²) >= 11 is 0. The zero-order chi connectivity index (χ0) is 20.8. The maximum atomic E-state index is 12.2. The molecule has 0 saturated carbocycles. The Morgan fingerprint density at radius 1 is 1.04 bits per heavy atom. The summed E-state index contributed by atoms with van der Waals surface area (Å²) in [7, 11) is 0. The Morgan fingerprint density at radius 2 is 1.64 bits per heavy atom. The number of hydrogen-bond donors (Lipinski definition) is 0. The standard InChI is InChI=1S/C22H31NO5/c1-3-4-5-6-7-8-9-10-11-15-28-22(25)21(18(2)24)17-19-13-12-14-20(16-19)23(26)27/h12-14,16-17H,3-11,15H2,1-2H3/b21-17+. The highest BCUT2D eigenvalue weighted by Gasteiger charge is 2.16. The number of ether oxygens (including phenoxy) is 1. The molecule has 6 heteroatoms. The van der Waals surface area contributed by atoms with Crippen molar-refractivity contribution in [2.24, 2.45) is 0 Å². The van der Waals surface area contributed by atoms with Gasteiger partial charge in [0.15, 0.2) is 5.78 Å². The van der Waals surface area contributed by atoms with E-state index in [1.807, 2.05) is 0 Å². The molecule has 0 radical (unpaired) electrons. The molecule has 0 spiro atoms. The van der Waals surface area contributed by atoms with E-state index in [-0.39, 0.29) is 17.9 Å². The van der Waals surface area contributed by atoms with E-state index in [9.17, 15) is 19.7 Å². The van der Waals surface area contributed by atoms with E-state index in [1.54, 1.807) is 6.07 Å². The molecule has 0 fully saturated rings. The van der Waals surface area contributed by atoms with Crippen LogP contribution in [0.4, 0.5) is 5.69 Å². The molecule has 0 amide bonds. The summed E-state index contributed by atoms with van der Waals surface area (Å²) in [5.41, 5.74) is 0.218. The van der Waals surface area contributed by atoms with Crippen molar-refractivity contribution in [1.82, 2.24) is 0 Å². The lowest BCUT2D eigenvalue weighted by Crippen LogP contribution is -2.14. The van der Waals surface area contributed by atoms with Gasteiger partial charge in [-0.2, -0.15) is 0 Å². The van der Waals surface area contributed by atoms with Crippen LogP contribution in [-0.2, 0) is 14.3 Å². The van der Waals surface area contributed by atoms with Crippen LogP contribution in [0.5, 0.6) is 0 Å². The molecule has 0 atom stereocenters. The summed E-state index contributed by atoms with van der Waals surface area (Å²) in [6, 6.07) is 5.78. The van der Waals surface area contributed by atoms with Crippen LogP contribution in [0.1, 0.15) is 77.2 Å². The highest BCUT2D eigenvalue weighted by atomic mass is 16.6. The molecule has 1 aromatic carbocycles. The fourth-order valence-electron chi connectivity index (χ4n) is 2.85. The van der Waals surface area contributed by atoms with E-state index in [4.69, 9.17) is 4.74 Å². The van der Waals surface area contributed by atoms with E-state index in [0.717, 1.165) is 19.3 Å². The molecule has 0 N–H and O–H groups in total. The normalized spacial score (nSPS) is 11.3. The Kier molecular flexibility index (Phi) is 11.5. The number of benzene rings is 1. The van der Waals surface area contributed by atoms with Gasteiger partial charge in [-0.15, -0.1) is 0 Å². The molecule has 0 aliphatic heterocycles. The fourth-order valence-corrected chi connectivity index (χ4v) is 2.85. The lowest BCUT2D eigenvalue weighted by atomic mass is 10.1. The highest BCUT2D eigenvalue weighted by molar-refractivity contribution is 6.19. The fraction of sp³-hybridized carbons (Fsp3) is 0.545. The van der Waals surface area contributed by atoms with Crippen LogP contribution in [0.3, 0.4) is 0 Å². The first-order valence-electron chi connectivity index (χ1n) is 10.1. The molecular formula is C22H31NO5. The van der Waals surface area contributed by atoms with Gasteiger partial charge < -0.3 is 4.74 Å². The van der Waals surface area contributed by atoms with Gasteiger partial charge in [0, 0.05) is 12.1 Å². The summed E-state index contributed by atoms with van der Waals surface area (Å²) in [6.45, 7) is 3.76. The number of esters is 1. The second-order valence-electron chi connectivity index (χ2n) is 6.93. The number of Topliss-reactive ketones (excluding diaryl/α,β-unsaturated/α-hetero) is 1. The summed E-state index contributed by atoms with van der Waals surface area (Å²) < 4.78 is 5.21. The molecule has 0 aliphatic carbocycles. The minimum atomic E-state index is -0.682. The molecule has 6 nitrogen and oxygen atoms in total. The van der Waals surface area contributed by atoms with Gasteiger partial charge in [0.1, 0.15) is 5.57 Å². The molecule has 1 rings (SSSR count). The minimum absolute atomic E-state index is 0.0975. The van der Waals surface area contributed by atoms with Crippen molar-refractivity contribution in [3.63, 3.8) is 0 Å². The molecule has 0 unspecified atom stereocenters. The van der Waals surface area contributed by atoms with Gasteiger partial charge in [-0.25, -0.2) is 4.79 Å². The van der Waals surface area contributed by atoms with Crippen LogP contribution < -0.4 is 0 Å². The van der Waals surface area contributed by atoms with Crippen molar-refractivity contribution < 1.29 is 19.2 Å². The van der Waals surface area contributed by atoms with Crippen LogP contribution >= 0.6 is 0 Å². The molecule has 0 aliphatic rings. The molecule has 0 bridgehead atoms. The van der Waals surface area contributed by atoms with Gasteiger partial charge in [0.25, 0.3) is 5.69 Å². The third-order valence-electron chi connectivity index (χ3n) is 4.47. The first-order chi connectivity index (χ1) is 13.5. The quantitative estimate of drug-likeness (QED) is 0.0781. The predicted octanol–water partition coefficient (Wildman–Crippen LogP) is 5.64. The summed E-state index contributed by atoms with van der Waals surface area (Å²) in [4.78, 5) is 34.3. The van der Waals surface area contributed by atoms with E-state index in [2.05, 4.69) is 6.92 Å². The number of nitro groups is 1. The zero-order valence-corrected chi connectivity index (χ0v) is 16.9. The first kappa shape index (κ1) is 23.5. The Labute approximate surface area is 167 Å².